The lowest BCUT2D eigenvalue weighted by Gasteiger charge is -2.01. The molecule has 0 aromatic heterocycles. The number of hydrogen-bond acceptors (Lipinski definition) is 2. The van der Waals surface area contributed by atoms with Gasteiger partial charge in [-0.05, 0) is 32.3 Å². The third-order valence-electron chi connectivity index (χ3n) is 3.26. The molecule has 0 saturated carbocycles. The summed E-state index contributed by atoms with van der Waals surface area (Å²) in [6.45, 7) is 2.29. The molecule has 0 heterocycles. The van der Waals surface area contributed by atoms with Crippen LogP contribution in [0, 0.1) is 5.82 Å². The highest BCUT2D eigenvalue weighted by Gasteiger charge is 2.00. The summed E-state index contributed by atoms with van der Waals surface area (Å²) < 4.78 is 18.2. The Labute approximate surface area is 127 Å². The fourth-order valence-electron chi connectivity index (χ4n) is 2.12. The molecule has 116 valence electrons. The predicted molar refractivity (Wildman–Crippen MR) is 84.4 cm³/mol. The Morgan fingerprint density at radius 3 is 2.62 bits per heavy atom. The lowest BCUT2D eigenvalue weighted by Crippen LogP contribution is -2.03. The molecule has 3 heteroatoms. The first-order chi connectivity index (χ1) is 10.2. The smallest absolute Gasteiger partial charge is 0.305 e. The van der Waals surface area contributed by atoms with Crippen LogP contribution in [0.3, 0.4) is 0 Å². The van der Waals surface area contributed by atoms with E-state index in [2.05, 4.69) is 0 Å². The number of ether oxygens (including phenoxy) is 1. The van der Waals surface area contributed by atoms with E-state index in [-0.39, 0.29) is 11.8 Å². The van der Waals surface area contributed by atoms with E-state index < -0.39 is 0 Å². The second-order valence-corrected chi connectivity index (χ2v) is 5.04. The number of carbonyl (C=O) groups is 1. The lowest BCUT2D eigenvalue weighted by molar-refractivity contribution is -0.143. The quantitative estimate of drug-likeness (QED) is 0.441. The van der Waals surface area contributed by atoms with Crippen LogP contribution in [-0.4, -0.2) is 12.6 Å². The number of hydrogen-bond donors (Lipinski definition) is 0. The van der Waals surface area contributed by atoms with Crippen LogP contribution in [0.25, 0.3) is 6.08 Å². The fourth-order valence-corrected chi connectivity index (χ4v) is 2.12. The minimum atomic E-state index is -0.173. The number of halogens is 1. The monoisotopic (exact) mass is 292 g/mol. The number of rotatable bonds is 10. The molecule has 0 fully saturated rings. The molecule has 1 aromatic rings. The van der Waals surface area contributed by atoms with Crippen LogP contribution in [0.5, 0.6) is 0 Å². The van der Waals surface area contributed by atoms with Crippen LogP contribution >= 0.6 is 0 Å². The van der Waals surface area contributed by atoms with E-state index in [1.54, 1.807) is 12.1 Å². The molecule has 0 radical (unpaired) electrons. The van der Waals surface area contributed by atoms with E-state index >= 15 is 0 Å². The first-order valence-corrected chi connectivity index (χ1v) is 7.80. The third kappa shape index (κ3) is 8.28. The van der Waals surface area contributed by atoms with Gasteiger partial charge in [0.25, 0.3) is 0 Å². The van der Waals surface area contributed by atoms with Crippen LogP contribution in [0.1, 0.15) is 57.4 Å². The molecule has 1 rings (SSSR count). The van der Waals surface area contributed by atoms with Gasteiger partial charge in [0.15, 0.2) is 0 Å². The van der Waals surface area contributed by atoms with Gasteiger partial charge in [-0.1, -0.05) is 49.6 Å². The summed E-state index contributed by atoms with van der Waals surface area (Å²) in [6.07, 6.45) is 10.7. The minimum absolute atomic E-state index is 0.0923. The average Bonchev–Trinajstić information content (AvgIpc) is 2.47. The zero-order valence-electron chi connectivity index (χ0n) is 12.8. The van der Waals surface area contributed by atoms with Gasteiger partial charge in [-0.25, -0.2) is 4.39 Å². The molecule has 0 aliphatic carbocycles. The summed E-state index contributed by atoms with van der Waals surface area (Å²) in [5.74, 6) is -0.266. The second kappa shape index (κ2) is 11.1. The molecule has 0 aliphatic rings. The van der Waals surface area contributed by atoms with E-state index in [0.717, 1.165) is 38.5 Å². The van der Waals surface area contributed by atoms with Crippen molar-refractivity contribution in [1.82, 2.24) is 0 Å². The Hall–Kier alpha value is -1.64. The van der Waals surface area contributed by atoms with E-state index in [9.17, 15) is 9.18 Å². The van der Waals surface area contributed by atoms with E-state index in [1.807, 2.05) is 25.1 Å². The normalized spacial score (nSPS) is 11.0. The fraction of sp³-hybridized carbons (Fsp3) is 0.500. The lowest BCUT2D eigenvalue weighted by atomic mass is 10.1. The Bertz CT molecular complexity index is 441. The van der Waals surface area contributed by atoms with Gasteiger partial charge in [0.2, 0.25) is 0 Å². The van der Waals surface area contributed by atoms with E-state index in [4.69, 9.17) is 4.74 Å². The van der Waals surface area contributed by atoms with Crippen molar-refractivity contribution < 1.29 is 13.9 Å². The van der Waals surface area contributed by atoms with Gasteiger partial charge < -0.3 is 4.74 Å². The molecular weight excluding hydrogens is 267 g/mol. The van der Waals surface area contributed by atoms with Gasteiger partial charge in [0.05, 0.1) is 6.61 Å². The van der Waals surface area contributed by atoms with Gasteiger partial charge >= 0.3 is 5.97 Å². The summed E-state index contributed by atoms with van der Waals surface area (Å²) in [5, 5.41) is 0. The maximum Gasteiger partial charge on any atom is 0.305 e. The molecule has 2 nitrogen and oxygen atoms in total. The zero-order valence-corrected chi connectivity index (χ0v) is 12.8. The number of benzene rings is 1. The van der Waals surface area contributed by atoms with E-state index in [1.165, 1.54) is 6.07 Å². The van der Waals surface area contributed by atoms with Gasteiger partial charge in [-0.15, -0.1) is 0 Å². The highest BCUT2D eigenvalue weighted by molar-refractivity contribution is 5.69. The van der Waals surface area contributed by atoms with Crippen LogP contribution in [0.2, 0.25) is 0 Å². The average molecular weight is 292 g/mol. The Balaban J connectivity index is 2.00. The molecule has 0 spiro atoms. The maximum absolute atomic E-state index is 13.3. The first-order valence-electron chi connectivity index (χ1n) is 7.80. The molecule has 0 unspecified atom stereocenters. The minimum Gasteiger partial charge on any atom is -0.466 e. The molecule has 21 heavy (non-hydrogen) atoms. The largest absolute Gasteiger partial charge is 0.466 e. The van der Waals surface area contributed by atoms with Gasteiger partial charge in [0, 0.05) is 12.0 Å². The summed E-state index contributed by atoms with van der Waals surface area (Å²) in [4.78, 5) is 11.1. The molecule has 0 amide bonds. The summed E-state index contributed by atoms with van der Waals surface area (Å²) in [6, 6.07) is 6.79. The Kier molecular flexibility index (Phi) is 9.18. The highest BCUT2D eigenvalue weighted by atomic mass is 19.1. The van der Waals surface area contributed by atoms with Crippen LogP contribution in [0.15, 0.2) is 30.3 Å². The molecule has 0 N–H and O–H groups in total. The van der Waals surface area contributed by atoms with Crippen LogP contribution in [0.4, 0.5) is 4.39 Å². The van der Waals surface area contributed by atoms with Crippen molar-refractivity contribution in [3.05, 3.63) is 41.7 Å². The van der Waals surface area contributed by atoms with Gasteiger partial charge in [-0.2, -0.15) is 0 Å². The summed E-state index contributed by atoms with van der Waals surface area (Å²) >= 11 is 0. The van der Waals surface area contributed by atoms with Crippen molar-refractivity contribution in [3.63, 3.8) is 0 Å². The van der Waals surface area contributed by atoms with Crippen molar-refractivity contribution in [3.8, 4) is 0 Å². The van der Waals surface area contributed by atoms with Crippen LogP contribution in [-0.2, 0) is 9.53 Å². The first kappa shape index (κ1) is 17.4. The maximum atomic E-state index is 13.3. The zero-order chi connectivity index (χ0) is 15.3. The number of unbranched alkanes of at least 4 members (excludes halogenated alkanes) is 5. The van der Waals surface area contributed by atoms with Crippen LogP contribution < -0.4 is 0 Å². The van der Waals surface area contributed by atoms with E-state index in [0.29, 0.717) is 18.6 Å². The molecule has 0 atom stereocenters. The molecule has 0 saturated heterocycles. The highest BCUT2D eigenvalue weighted by Crippen LogP contribution is 2.11. The molecule has 1 aromatic carbocycles. The number of esters is 1. The van der Waals surface area contributed by atoms with Crippen molar-refractivity contribution in [2.75, 3.05) is 6.61 Å². The SMILES string of the molecule is CCOC(=O)CCCCCCCC=Cc1ccccc1F. The molecule has 0 bridgehead atoms. The predicted octanol–water partition coefficient (Wildman–Crippen LogP) is 5.13. The molecule has 0 aliphatic heterocycles. The second-order valence-electron chi connectivity index (χ2n) is 5.04. The third-order valence-corrected chi connectivity index (χ3v) is 3.26. The van der Waals surface area contributed by atoms with Gasteiger partial charge in [0.1, 0.15) is 5.82 Å². The summed E-state index contributed by atoms with van der Waals surface area (Å²) in [7, 11) is 0. The number of carbonyl (C=O) groups excluding carboxylic acids is 1. The Morgan fingerprint density at radius 1 is 1.14 bits per heavy atom. The topological polar surface area (TPSA) is 26.3 Å². The van der Waals surface area contributed by atoms with Crippen molar-refractivity contribution >= 4 is 12.0 Å². The number of allylic oxidation sites excluding steroid dienone is 1. The summed E-state index contributed by atoms with van der Waals surface area (Å²) in [5.41, 5.74) is 0.645. The molecular formula is C18H25FO2. The Morgan fingerprint density at radius 2 is 1.86 bits per heavy atom. The van der Waals surface area contributed by atoms with Crippen molar-refractivity contribution in [1.29, 1.82) is 0 Å². The van der Waals surface area contributed by atoms with Crippen molar-refractivity contribution in [2.24, 2.45) is 0 Å². The van der Waals surface area contributed by atoms with Gasteiger partial charge in [-0.3, -0.25) is 4.79 Å². The van der Waals surface area contributed by atoms with Crippen molar-refractivity contribution in [2.45, 2.75) is 51.9 Å². The standard InChI is InChI=1S/C18H25FO2/c1-2-21-18(20)15-9-7-5-3-4-6-8-12-16-13-10-11-14-17(16)19/h8,10-14H,2-7,9,15H2,1H3.